The maximum absolute atomic E-state index is 8.62. The molecule has 0 nitrogen and oxygen atoms in total. The molecule has 7 aromatic rings. The molecule has 0 N–H and O–H groups in total. The Morgan fingerprint density at radius 2 is 1.03 bits per heavy atom. The number of benzene rings is 7. The van der Waals surface area contributed by atoms with Gasteiger partial charge in [-0.1, -0.05) is 139 Å². The summed E-state index contributed by atoms with van der Waals surface area (Å²) in [6.07, 6.45) is 0. The predicted molar refractivity (Wildman–Crippen MR) is 155 cm³/mol. The molecule has 36 heavy (non-hydrogen) atoms. The fraction of sp³-hybridized carbons (Fsp3) is 0. The van der Waals surface area contributed by atoms with Gasteiger partial charge in [0.05, 0.1) is 6.85 Å². The maximum atomic E-state index is 8.62. The van der Waals surface area contributed by atoms with Crippen LogP contribution < -0.4 is 0 Å². The Morgan fingerprint density at radius 3 is 1.83 bits per heavy atom. The third kappa shape index (κ3) is 3.31. The Morgan fingerprint density at radius 1 is 0.389 bits per heavy atom. The zero-order chi connectivity index (χ0) is 28.2. The van der Waals surface area contributed by atoms with E-state index in [0.29, 0.717) is 5.56 Å². The molecule has 0 aromatic heterocycles. The Hall–Kier alpha value is -4.68. The molecule has 0 bridgehead atoms. The minimum atomic E-state index is -0.390. The van der Waals surface area contributed by atoms with Crippen molar-refractivity contribution >= 4 is 32.3 Å². The van der Waals surface area contributed by atoms with E-state index < -0.39 is 6.04 Å². The van der Waals surface area contributed by atoms with Crippen molar-refractivity contribution < 1.29 is 6.85 Å². The molecule has 0 atom stereocenters. The van der Waals surface area contributed by atoms with Crippen LogP contribution in [0.3, 0.4) is 0 Å². The standard InChI is InChI=1S/C36H24/c1-3-12-25(13-4-1)28-22-23-33-34(24-28)35(27-15-5-2-6-16-27)31-19-9-10-20-32(31)36(33)30-21-11-17-26-14-7-8-18-29(26)30/h1-24H/i1D,3D,4D,12D,13D. The highest BCUT2D eigenvalue weighted by Gasteiger charge is 2.18. The van der Waals surface area contributed by atoms with Gasteiger partial charge in [0.15, 0.2) is 0 Å². The highest BCUT2D eigenvalue weighted by Crippen LogP contribution is 2.46. The highest BCUT2D eigenvalue weighted by atomic mass is 14.2. The quantitative estimate of drug-likeness (QED) is 0.230. The van der Waals surface area contributed by atoms with Crippen LogP contribution in [-0.4, -0.2) is 0 Å². The predicted octanol–water partition coefficient (Wildman–Crippen LogP) is 10.1. The molecule has 0 spiro atoms. The average Bonchev–Trinajstić information content (AvgIpc) is 3.02. The van der Waals surface area contributed by atoms with Crippen LogP contribution in [0.25, 0.3) is 65.7 Å². The van der Waals surface area contributed by atoms with Crippen molar-refractivity contribution in [1.82, 2.24) is 0 Å². The van der Waals surface area contributed by atoms with Crippen LogP contribution in [0.5, 0.6) is 0 Å². The topological polar surface area (TPSA) is 0 Å². The number of rotatable bonds is 3. The Balaban J connectivity index is 1.67. The molecule has 0 aliphatic carbocycles. The normalized spacial score (nSPS) is 13.3. The van der Waals surface area contributed by atoms with Crippen molar-refractivity contribution in [1.29, 1.82) is 0 Å². The largest absolute Gasteiger partial charge is 0.0629 e. The highest BCUT2D eigenvalue weighted by molar-refractivity contribution is 6.24. The summed E-state index contributed by atoms with van der Waals surface area (Å²) in [5, 5.41) is 6.53. The van der Waals surface area contributed by atoms with Crippen molar-refractivity contribution in [2.75, 3.05) is 0 Å². The second kappa shape index (κ2) is 8.52. The van der Waals surface area contributed by atoms with Crippen LogP contribution in [-0.2, 0) is 0 Å². The second-order valence-corrected chi connectivity index (χ2v) is 8.95. The number of hydrogen-bond acceptors (Lipinski definition) is 0. The molecule has 0 heterocycles. The van der Waals surface area contributed by atoms with Gasteiger partial charge in [-0.25, -0.2) is 0 Å². The van der Waals surface area contributed by atoms with Crippen LogP contribution in [0.15, 0.2) is 145 Å². The van der Waals surface area contributed by atoms with Gasteiger partial charge in [0.1, 0.15) is 0 Å². The molecule has 168 valence electrons. The zero-order valence-electron chi connectivity index (χ0n) is 24.5. The lowest BCUT2D eigenvalue weighted by molar-refractivity contribution is 1.63. The molecular weight excluding hydrogens is 432 g/mol. The van der Waals surface area contributed by atoms with Crippen molar-refractivity contribution in [2.45, 2.75) is 0 Å². The van der Waals surface area contributed by atoms with E-state index in [1.165, 1.54) is 0 Å². The van der Waals surface area contributed by atoms with Gasteiger partial charge < -0.3 is 0 Å². The summed E-state index contributed by atoms with van der Waals surface area (Å²) in [5.41, 5.74) is 5.13. The third-order valence-corrected chi connectivity index (χ3v) is 6.93. The van der Waals surface area contributed by atoms with Crippen molar-refractivity contribution in [2.24, 2.45) is 0 Å². The molecule has 0 radical (unpaired) electrons. The lowest BCUT2D eigenvalue weighted by Gasteiger charge is -2.19. The third-order valence-electron chi connectivity index (χ3n) is 6.93. The molecule has 7 rings (SSSR count). The molecule has 0 saturated heterocycles. The molecule has 7 aromatic carbocycles. The minimum Gasteiger partial charge on any atom is -0.0622 e. The van der Waals surface area contributed by atoms with E-state index in [0.717, 1.165) is 54.6 Å². The van der Waals surface area contributed by atoms with E-state index in [2.05, 4.69) is 66.7 Å². The first-order valence-corrected chi connectivity index (χ1v) is 12.0. The van der Waals surface area contributed by atoms with Crippen LogP contribution in [0.2, 0.25) is 0 Å². The molecular formula is C36H24. The Bertz CT molecular complexity index is 2110. The first kappa shape index (κ1) is 16.1. The summed E-state index contributed by atoms with van der Waals surface area (Å²) in [6, 6.07) is 37.9. The summed E-state index contributed by atoms with van der Waals surface area (Å²) in [7, 11) is 0. The van der Waals surface area contributed by atoms with Crippen molar-refractivity contribution in [3.63, 3.8) is 0 Å². The van der Waals surface area contributed by atoms with E-state index in [1.54, 1.807) is 0 Å². The van der Waals surface area contributed by atoms with Gasteiger partial charge in [-0.3, -0.25) is 0 Å². The molecule has 0 heteroatoms. The van der Waals surface area contributed by atoms with E-state index in [-0.39, 0.29) is 29.7 Å². The number of fused-ring (bicyclic) bond motifs is 3. The first-order valence-electron chi connectivity index (χ1n) is 14.5. The first-order chi connectivity index (χ1) is 20.0. The summed E-state index contributed by atoms with van der Waals surface area (Å²) in [5.74, 6) is 0. The summed E-state index contributed by atoms with van der Waals surface area (Å²) < 4.78 is 41.8. The average molecular weight is 462 g/mol. The maximum Gasteiger partial charge on any atom is 0.0629 e. The molecule has 0 aliphatic rings. The molecule has 0 aliphatic heterocycles. The van der Waals surface area contributed by atoms with Gasteiger partial charge in [-0.05, 0) is 71.8 Å². The monoisotopic (exact) mass is 461 g/mol. The van der Waals surface area contributed by atoms with Gasteiger partial charge in [-0.15, -0.1) is 0 Å². The zero-order valence-corrected chi connectivity index (χ0v) is 19.5. The minimum absolute atomic E-state index is 0.202. The Kier molecular flexibility index (Phi) is 3.80. The van der Waals surface area contributed by atoms with Gasteiger partial charge >= 0.3 is 0 Å². The SMILES string of the molecule is [2H]c1c([2H])c([2H])c(-c2ccc3c(-c4cccc5ccccc45)c4ccccc4c(-c4ccccc4)c3c2)c([2H])c1[2H]. The van der Waals surface area contributed by atoms with Gasteiger partial charge in [0.2, 0.25) is 0 Å². The molecule has 0 fully saturated rings. The van der Waals surface area contributed by atoms with E-state index >= 15 is 0 Å². The smallest absolute Gasteiger partial charge is 0.0622 e. The van der Waals surface area contributed by atoms with Gasteiger partial charge in [0.25, 0.3) is 0 Å². The van der Waals surface area contributed by atoms with Gasteiger partial charge in [-0.2, -0.15) is 0 Å². The fourth-order valence-corrected chi connectivity index (χ4v) is 5.38. The second-order valence-electron chi connectivity index (χ2n) is 8.95. The lowest BCUT2D eigenvalue weighted by Crippen LogP contribution is -1.92. The summed E-state index contributed by atoms with van der Waals surface area (Å²) >= 11 is 0. The fourth-order valence-electron chi connectivity index (χ4n) is 5.38. The molecule has 0 amide bonds. The van der Waals surface area contributed by atoms with Crippen LogP contribution in [0, 0.1) is 0 Å². The van der Waals surface area contributed by atoms with Crippen molar-refractivity contribution in [3.05, 3.63) is 145 Å². The molecule has 0 unspecified atom stereocenters. The van der Waals surface area contributed by atoms with Crippen LogP contribution >= 0.6 is 0 Å². The lowest BCUT2D eigenvalue weighted by atomic mass is 9.84. The Labute approximate surface area is 218 Å². The number of hydrogen-bond donors (Lipinski definition) is 0. The van der Waals surface area contributed by atoms with E-state index in [1.807, 2.05) is 48.5 Å². The summed E-state index contributed by atoms with van der Waals surface area (Å²) in [4.78, 5) is 0. The summed E-state index contributed by atoms with van der Waals surface area (Å²) in [6.45, 7) is 0. The van der Waals surface area contributed by atoms with Gasteiger partial charge in [0, 0.05) is 0 Å². The van der Waals surface area contributed by atoms with Crippen molar-refractivity contribution in [3.8, 4) is 33.4 Å². The molecule has 0 saturated carbocycles. The van der Waals surface area contributed by atoms with Crippen LogP contribution in [0.4, 0.5) is 0 Å². The van der Waals surface area contributed by atoms with Crippen LogP contribution in [0.1, 0.15) is 6.85 Å². The van der Waals surface area contributed by atoms with E-state index in [9.17, 15) is 0 Å². The van der Waals surface area contributed by atoms with E-state index in [4.69, 9.17) is 6.85 Å².